The Kier molecular flexibility index (Phi) is 5.01. The Bertz CT molecular complexity index is 553. The van der Waals surface area contributed by atoms with Crippen molar-refractivity contribution >= 4 is 27.7 Å². The first kappa shape index (κ1) is 14.6. The number of aryl methyl sites for hydroxylation is 1. The second-order valence-corrected chi connectivity index (χ2v) is 6.48. The number of nitrogens with one attached hydrogen (secondary N) is 1. The van der Waals surface area contributed by atoms with Gasteiger partial charge in [0.2, 0.25) is 0 Å². The first-order valence-corrected chi connectivity index (χ1v) is 7.71. The van der Waals surface area contributed by atoms with Crippen molar-refractivity contribution in [2.24, 2.45) is 7.05 Å². The smallest absolute Gasteiger partial charge is 0.190 e. The van der Waals surface area contributed by atoms with E-state index < -0.39 is 0 Å². The average molecular weight is 341 g/mol. The van der Waals surface area contributed by atoms with E-state index in [9.17, 15) is 0 Å². The highest BCUT2D eigenvalue weighted by atomic mass is 79.9. The molecule has 1 aromatic heterocycles. The van der Waals surface area contributed by atoms with Gasteiger partial charge in [-0.3, -0.25) is 0 Å². The predicted octanol–water partition coefficient (Wildman–Crippen LogP) is 3.23. The standard InChI is InChI=1S/C13H17BrN4S/c1-9(2)15-7-10-4-5-11(14)6-12(10)19-13-16-8-17-18(13)3/h4-6,8-9,15H,7H2,1-3H3. The lowest BCUT2D eigenvalue weighted by molar-refractivity contribution is 0.584. The van der Waals surface area contributed by atoms with Gasteiger partial charge < -0.3 is 5.32 Å². The largest absolute Gasteiger partial charge is 0.310 e. The predicted molar refractivity (Wildman–Crippen MR) is 81.2 cm³/mol. The lowest BCUT2D eigenvalue weighted by Gasteiger charge is -2.12. The van der Waals surface area contributed by atoms with Crippen molar-refractivity contribution in [1.82, 2.24) is 20.1 Å². The second-order valence-electron chi connectivity index (χ2n) is 4.56. The van der Waals surface area contributed by atoms with Crippen LogP contribution in [0.2, 0.25) is 0 Å². The molecule has 19 heavy (non-hydrogen) atoms. The molecule has 1 aromatic carbocycles. The lowest BCUT2D eigenvalue weighted by Crippen LogP contribution is -2.22. The zero-order valence-electron chi connectivity index (χ0n) is 11.2. The molecule has 0 bridgehead atoms. The van der Waals surface area contributed by atoms with Crippen LogP contribution in [-0.4, -0.2) is 20.8 Å². The van der Waals surface area contributed by atoms with Crippen molar-refractivity contribution in [1.29, 1.82) is 0 Å². The topological polar surface area (TPSA) is 42.7 Å². The summed E-state index contributed by atoms with van der Waals surface area (Å²) in [7, 11) is 1.90. The molecule has 0 aliphatic carbocycles. The van der Waals surface area contributed by atoms with Crippen molar-refractivity contribution in [2.45, 2.75) is 36.5 Å². The molecule has 0 saturated heterocycles. The maximum absolute atomic E-state index is 4.26. The van der Waals surface area contributed by atoms with Gasteiger partial charge in [0.1, 0.15) is 6.33 Å². The van der Waals surface area contributed by atoms with Gasteiger partial charge in [-0.25, -0.2) is 9.67 Å². The van der Waals surface area contributed by atoms with Crippen LogP contribution in [0.1, 0.15) is 19.4 Å². The van der Waals surface area contributed by atoms with Crippen molar-refractivity contribution in [3.05, 3.63) is 34.6 Å². The van der Waals surface area contributed by atoms with Gasteiger partial charge in [0.05, 0.1) is 0 Å². The number of hydrogen-bond acceptors (Lipinski definition) is 4. The number of benzene rings is 1. The zero-order chi connectivity index (χ0) is 13.8. The fourth-order valence-electron chi connectivity index (χ4n) is 1.56. The minimum absolute atomic E-state index is 0.469. The van der Waals surface area contributed by atoms with Gasteiger partial charge in [-0.15, -0.1) is 0 Å². The molecule has 4 nitrogen and oxygen atoms in total. The Hall–Kier alpha value is -0.850. The third-order valence-corrected chi connectivity index (χ3v) is 4.25. The SMILES string of the molecule is CC(C)NCc1ccc(Br)cc1Sc1ncnn1C. The molecule has 0 atom stereocenters. The van der Waals surface area contributed by atoms with E-state index in [1.807, 2.05) is 7.05 Å². The number of aromatic nitrogens is 3. The van der Waals surface area contributed by atoms with E-state index in [-0.39, 0.29) is 0 Å². The quantitative estimate of drug-likeness (QED) is 0.907. The first-order chi connectivity index (χ1) is 9.06. The molecule has 0 amide bonds. The number of nitrogens with zero attached hydrogens (tertiary/aromatic N) is 3. The zero-order valence-corrected chi connectivity index (χ0v) is 13.6. The van der Waals surface area contributed by atoms with E-state index in [1.165, 1.54) is 10.5 Å². The van der Waals surface area contributed by atoms with Crippen molar-refractivity contribution < 1.29 is 0 Å². The Labute approximate surface area is 126 Å². The van der Waals surface area contributed by atoms with Gasteiger partial charge in [0, 0.05) is 29.0 Å². The summed E-state index contributed by atoms with van der Waals surface area (Å²) < 4.78 is 2.86. The summed E-state index contributed by atoms with van der Waals surface area (Å²) in [6, 6.07) is 6.80. The highest BCUT2D eigenvalue weighted by Crippen LogP contribution is 2.31. The average Bonchev–Trinajstić information content (AvgIpc) is 2.74. The molecular formula is C13H17BrN4S. The Morgan fingerprint density at radius 2 is 2.21 bits per heavy atom. The van der Waals surface area contributed by atoms with Crippen LogP contribution in [0, 0.1) is 0 Å². The summed E-state index contributed by atoms with van der Waals surface area (Å²) in [6.45, 7) is 5.15. The fourth-order valence-corrected chi connectivity index (χ4v) is 3.01. The summed E-state index contributed by atoms with van der Waals surface area (Å²) in [5.41, 5.74) is 1.27. The highest BCUT2D eigenvalue weighted by molar-refractivity contribution is 9.10. The van der Waals surface area contributed by atoms with Gasteiger partial charge in [0.25, 0.3) is 0 Å². The van der Waals surface area contributed by atoms with Crippen LogP contribution >= 0.6 is 27.7 Å². The number of halogens is 1. The molecule has 1 heterocycles. The van der Waals surface area contributed by atoms with E-state index in [0.717, 1.165) is 16.2 Å². The lowest BCUT2D eigenvalue weighted by atomic mass is 10.2. The van der Waals surface area contributed by atoms with Crippen molar-refractivity contribution in [3.63, 3.8) is 0 Å². The second kappa shape index (κ2) is 6.54. The molecule has 0 unspecified atom stereocenters. The van der Waals surface area contributed by atoms with Crippen LogP contribution in [0.25, 0.3) is 0 Å². The maximum Gasteiger partial charge on any atom is 0.190 e. The molecule has 2 rings (SSSR count). The molecule has 102 valence electrons. The fraction of sp³-hybridized carbons (Fsp3) is 0.385. The summed E-state index contributed by atoms with van der Waals surface area (Å²) >= 11 is 5.16. The summed E-state index contributed by atoms with van der Waals surface area (Å²) in [5, 5.41) is 8.43. The Morgan fingerprint density at radius 1 is 1.42 bits per heavy atom. The molecule has 0 radical (unpaired) electrons. The van der Waals surface area contributed by atoms with Crippen LogP contribution in [0.3, 0.4) is 0 Å². The molecule has 0 aliphatic rings. The van der Waals surface area contributed by atoms with E-state index in [4.69, 9.17) is 0 Å². The Balaban J connectivity index is 2.22. The molecule has 6 heteroatoms. The monoisotopic (exact) mass is 340 g/mol. The first-order valence-electron chi connectivity index (χ1n) is 6.10. The molecule has 0 saturated carbocycles. The van der Waals surface area contributed by atoms with Gasteiger partial charge in [0.15, 0.2) is 5.16 Å². The van der Waals surface area contributed by atoms with E-state index in [2.05, 4.69) is 63.4 Å². The molecule has 1 N–H and O–H groups in total. The molecule has 0 spiro atoms. The summed E-state index contributed by atoms with van der Waals surface area (Å²) in [6.07, 6.45) is 1.58. The van der Waals surface area contributed by atoms with Crippen LogP contribution in [-0.2, 0) is 13.6 Å². The van der Waals surface area contributed by atoms with E-state index in [1.54, 1.807) is 22.8 Å². The number of hydrogen-bond donors (Lipinski definition) is 1. The molecule has 0 fully saturated rings. The maximum atomic E-state index is 4.26. The minimum atomic E-state index is 0.469. The molecular weight excluding hydrogens is 324 g/mol. The number of rotatable bonds is 5. The van der Waals surface area contributed by atoms with Gasteiger partial charge in [-0.1, -0.05) is 35.8 Å². The minimum Gasteiger partial charge on any atom is -0.310 e. The van der Waals surface area contributed by atoms with Crippen LogP contribution < -0.4 is 5.32 Å². The van der Waals surface area contributed by atoms with Gasteiger partial charge in [-0.2, -0.15) is 5.10 Å². The summed E-state index contributed by atoms with van der Waals surface area (Å²) in [5.74, 6) is 0. The van der Waals surface area contributed by atoms with Crippen LogP contribution in [0.5, 0.6) is 0 Å². The van der Waals surface area contributed by atoms with Crippen LogP contribution in [0.4, 0.5) is 0 Å². The third-order valence-electron chi connectivity index (χ3n) is 2.60. The van der Waals surface area contributed by atoms with Crippen molar-refractivity contribution in [2.75, 3.05) is 0 Å². The van der Waals surface area contributed by atoms with Crippen molar-refractivity contribution in [3.8, 4) is 0 Å². The highest BCUT2D eigenvalue weighted by Gasteiger charge is 2.09. The van der Waals surface area contributed by atoms with Gasteiger partial charge >= 0.3 is 0 Å². The summed E-state index contributed by atoms with van der Waals surface area (Å²) in [4.78, 5) is 5.45. The third kappa shape index (κ3) is 4.06. The Morgan fingerprint density at radius 3 is 2.84 bits per heavy atom. The van der Waals surface area contributed by atoms with Gasteiger partial charge in [-0.05, 0) is 29.5 Å². The van der Waals surface area contributed by atoms with E-state index in [0.29, 0.717) is 6.04 Å². The van der Waals surface area contributed by atoms with Crippen LogP contribution in [0.15, 0.2) is 39.1 Å². The molecule has 2 aromatic rings. The van der Waals surface area contributed by atoms with E-state index >= 15 is 0 Å². The normalized spacial score (nSPS) is 11.2. The molecule has 0 aliphatic heterocycles.